The molecule has 2 aromatic carbocycles. The number of nitrogens with zero attached hydrogens (tertiary/aromatic N) is 1. The summed E-state index contributed by atoms with van der Waals surface area (Å²) in [6.45, 7) is 9.60. The zero-order valence-corrected chi connectivity index (χ0v) is 15.1. The van der Waals surface area contributed by atoms with E-state index in [1.807, 2.05) is 30.3 Å². The minimum Gasteiger partial charge on any atom is -0.297 e. The van der Waals surface area contributed by atoms with Crippen LogP contribution in [0.1, 0.15) is 27.7 Å². The minimum atomic E-state index is -3.48. The Morgan fingerprint density at radius 2 is 1.57 bits per heavy atom. The van der Waals surface area contributed by atoms with Gasteiger partial charge in [0.25, 0.3) is 0 Å². The van der Waals surface area contributed by atoms with E-state index in [1.54, 1.807) is 12.1 Å². The van der Waals surface area contributed by atoms with Gasteiger partial charge in [0.05, 0.1) is 4.90 Å². The molecule has 0 heterocycles. The Balaban J connectivity index is 2.08. The molecular weight excluding hydrogens is 308 g/mol. The molecule has 0 aliphatic heterocycles. The average molecular weight is 334 g/mol. The smallest absolute Gasteiger partial charge is 0.240 e. The van der Waals surface area contributed by atoms with Gasteiger partial charge in [-0.2, -0.15) is 0 Å². The summed E-state index contributed by atoms with van der Waals surface area (Å²) >= 11 is 0. The van der Waals surface area contributed by atoms with Crippen molar-refractivity contribution < 1.29 is 8.42 Å². The number of benzene rings is 2. The standard InChI is InChI=1S/C18H26N2O2S/c1-14(2)20(15(3)4)12-11-19-23(21,22)18-10-9-16-7-5-6-8-17(16)13-18/h5-10,13-15,19H,11-12H2,1-4H3. The van der Waals surface area contributed by atoms with Gasteiger partial charge in [-0.3, -0.25) is 4.90 Å². The van der Waals surface area contributed by atoms with Crippen LogP contribution in [0, 0.1) is 0 Å². The van der Waals surface area contributed by atoms with Crippen LogP contribution in [0.4, 0.5) is 0 Å². The summed E-state index contributed by atoms with van der Waals surface area (Å²) < 4.78 is 27.6. The first-order chi connectivity index (χ1) is 10.8. The highest BCUT2D eigenvalue weighted by Gasteiger charge is 2.17. The number of nitrogens with one attached hydrogen (secondary N) is 1. The largest absolute Gasteiger partial charge is 0.297 e. The van der Waals surface area contributed by atoms with Crippen molar-refractivity contribution in [2.75, 3.05) is 13.1 Å². The first kappa shape index (κ1) is 17.9. The minimum absolute atomic E-state index is 0.317. The van der Waals surface area contributed by atoms with Gasteiger partial charge in [0.2, 0.25) is 10.0 Å². The Bertz CT molecular complexity index is 746. The summed E-state index contributed by atoms with van der Waals surface area (Å²) in [6, 6.07) is 13.8. The second-order valence-corrected chi connectivity index (χ2v) is 8.10. The predicted octanol–water partition coefficient (Wildman–Crippen LogP) is 3.24. The molecule has 0 atom stereocenters. The lowest BCUT2D eigenvalue weighted by molar-refractivity contribution is 0.179. The first-order valence-corrected chi connectivity index (χ1v) is 9.54. The fourth-order valence-electron chi connectivity index (χ4n) is 2.84. The summed E-state index contributed by atoms with van der Waals surface area (Å²) in [5.41, 5.74) is 0. The average Bonchev–Trinajstić information content (AvgIpc) is 2.50. The van der Waals surface area contributed by atoms with Gasteiger partial charge in [0, 0.05) is 25.2 Å². The monoisotopic (exact) mass is 334 g/mol. The number of rotatable bonds is 7. The van der Waals surface area contributed by atoms with Crippen molar-refractivity contribution >= 4 is 20.8 Å². The van der Waals surface area contributed by atoms with Gasteiger partial charge in [-0.15, -0.1) is 0 Å². The normalized spacial score (nSPS) is 12.7. The van der Waals surface area contributed by atoms with Crippen LogP contribution < -0.4 is 4.72 Å². The Kier molecular flexibility index (Phi) is 5.79. The lowest BCUT2D eigenvalue weighted by Crippen LogP contribution is -2.42. The number of hydrogen-bond donors (Lipinski definition) is 1. The summed E-state index contributed by atoms with van der Waals surface area (Å²) in [5, 5.41) is 1.97. The van der Waals surface area contributed by atoms with Gasteiger partial charge in [-0.25, -0.2) is 13.1 Å². The van der Waals surface area contributed by atoms with Crippen molar-refractivity contribution in [3.63, 3.8) is 0 Å². The van der Waals surface area contributed by atoms with E-state index in [1.165, 1.54) is 0 Å². The topological polar surface area (TPSA) is 49.4 Å². The lowest BCUT2D eigenvalue weighted by atomic mass is 10.1. The van der Waals surface area contributed by atoms with Crippen LogP contribution in [0.3, 0.4) is 0 Å². The summed E-state index contributed by atoms with van der Waals surface area (Å²) in [6.07, 6.45) is 0. The molecule has 0 saturated carbocycles. The molecule has 0 bridgehead atoms. The highest BCUT2D eigenvalue weighted by atomic mass is 32.2. The summed E-state index contributed by atoms with van der Waals surface area (Å²) in [5.74, 6) is 0. The van der Waals surface area contributed by atoms with E-state index in [0.29, 0.717) is 30.1 Å². The van der Waals surface area contributed by atoms with Crippen molar-refractivity contribution in [1.82, 2.24) is 9.62 Å². The van der Waals surface area contributed by atoms with E-state index in [2.05, 4.69) is 37.3 Å². The number of sulfonamides is 1. The lowest BCUT2D eigenvalue weighted by Gasteiger charge is -2.30. The van der Waals surface area contributed by atoms with Gasteiger partial charge >= 0.3 is 0 Å². The van der Waals surface area contributed by atoms with Gasteiger partial charge in [-0.05, 0) is 50.6 Å². The van der Waals surface area contributed by atoms with Crippen molar-refractivity contribution in [3.05, 3.63) is 42.5 Å². The molecule has 0 spiro atoms. The highest BCUT2D eigenvalue weighted by molar-refractivity contribution is 7.89. The molecule has 0 aliphatic carbocycles. The molecule has 0 amide bonds. The van der Waals surface area contributed by atoms with Gasteiger partial charge in [0.15, 0.2) is 0 Å². The number of fused-ring (bicyclic) bond motifs is 1. The molecule has 2 rings (SSSR count). The van der Waals surface area contributed by atoms with Crippen LogP contribution in [0.15, 0.2) is 47.4 Å². The fraction of sp³-hybridized carbons (Fsp3) is 0.444. The van der Waals surface area contributed by atoms with E-state index in [9.17, 15) is 8.42 Å². The molecule has 23 heavy (non-hydrogen) atoms. The molecule has 0 unspecified atom stereocenters. The van der Waals surface area contributed by atoms with E-state index >= 15 is 0 Å². The fourth-order valence-corrected chi connectivity index (χ4v) is 3.90. The Morgan fingerprint density at radius 1 is 0.957 bits per heavy atom. The Morgan fingerprint density at radius 3 is 2.17 bits per heavy atom. The summed E-state index contributed by atoms with van der Waals surface area (Å²) in [7, 11) is -3.48. The van der Waals surface area contributed by atoms with E-state index in [0.717, 1.165) is 10.8 Å². The second kappa shape index (κ2) is 7.43. The molecular formula is C18H26N2O2S. The maximum atomic E-state index is 12.5. The SMILES string of the molecule is CC(C)N(CCNS(=O)(=O)c1ccc2ccccc2c1)C(C)C. The van der Waals surface area contributed by atoms with Gasteiger partial charge in [-0.1, -0.05) is 30.3 Å². The molecule has 0 radical (unpaired) electrons. The van der Waals surface area contributed by atoms with Crippen LogP contribution in [0.25, 0.3) is 10.8 Å². The van der Waals surface area contributed by atoms with E-state index in [-0.39, 0.29) is 0 Å². The first-order valence-electron chi connectivity index (χ1n) is 8.05. The summed E-state index contributed by atoms with van der Waals surface area (Å²) in [4.78, 5) is 2.58. The Hall–Kier alpha value is -1.43. The molecule has 126 valence electrons. The maximum absolute atomic E-state index is 12.5. The zero-order chi connectivity index (χ0) is 17.0. The Labute approximate surface area is 139 Å². The van der Waals surface area contributed by atoms with Crippen molar-refractivity contribution in [1.29, 1.82) is 0 Å². The van der Waals surface area contributed by atoms with Crippen molar-refractivity contribution in [2.24, 2.45) is 0 Å². The third-order valence-corrected chi connectivity index (χ3v) is 5.48. The molecule has 0 aliphatic rings. The molecule has 4 nitrogen and oxygen atoms in total. The van der Waals surface area contributed by atoms with Crippen molar-refractivity contribution in [3.8, 4) is 0 Å². The zero-order valence-electron chi connectivity index (χ0n) is 14.3. The predicted molar refractivity (Wildman–Crippen MR) is 96.1 cm³/mol. The van der Waals surface area contributed by atoms with Crippen LogP contribution >= 0.6 is 0 Å². The third-order valence-electron chi connectivity index (χ3n) is 4.02. The van der Waals surface area contributed by atoms with Gasteiger partial charge in [0.1, 0.15) is 0 Å². The molecule has 2 aromatic rings. The van der Waals surface area contributed by atoms with E-state index < -0.39 is 10.0 Å². The molecule has 0 saturated heterocycles. The molecule has 1 N–H and O–H groups in total. The van der Waals surface area contributed by atoms with Crippen LogP contribution in [0.5, 0.6) is 0 Å². The van der Waals surface area contributed by atoms with Crippen molar-refractivity contribution in [2.45, 2.75) is 44.7 Å². The van der Waals surface area contributed by atoms with Crippen LogP contribution in [-0.4, -0.2) is 38.5 Å². The second-order valence-electron chi connectivity index (χ2n) is 6.33. The van der Waals surface area contributed by atoms with Crippen LogP contribution in [0.2, 0.25) is 0 Å². The third kappa shape index (κ3) is 4.53. The maximum Gasteiger partial charge on any atom is 0.240 e. The van der Waals surface area contributed by atoms with E-state index in [4.69, 9.17) is 0 Å². The molecule has 5 heteroatoms. The van der Waals surface area contributed by atoms with Gasteiger partial charge < -0.3 is 0 Å². The molecule has 0 fully saturated rings. The van der Waals surface area contributed by atoms with Crippen LogP contribution in [-0.2, 0) is 10.0 Å². The number of hydrogen-bond acceptors (Lipinski definition) is 3. The quantitative estimate of drug-likeness (QED) is 0.846. The molecule has 0 aromatic heterocycles. The highest BCUT2D eigenvalue weighted by Crippen LogP contribution is 2.18.